The molecule has 7 nitrogen and oxygen atoms in total. The maximum Gasteiger partial charge on any atom is 0.417 e. The lowest BCUT2D eigenvalue weighted by Crippen LogP contribution is -2.55. The second-order valence-corrected chi connectivity index (χ2v) is 9.38. The van der Waals surface area contributed by atoms with Gasteiger partial charge < -0.3 is 20.5 Å². The van der Waals surface area contributed by atoms with Gasteiger partial charge in [-0.1, -0.05) is 6.08 Å². The number of pyridine rings is 1. The van der Waals surface area contributed by atoms with Crippen molar-refractivity contribution in [1.29, 1.82) is 0 Å². The number of benzene rings is 1. The molecular formula is C25H29F4N5O2. The Morgan fingerprint density at radius 2 is 1.83 bits per heavy atom. The van der Waals surface area contributed by atoms with Crippen LogP contribution in [0.15, 0.2) is 35.3 Å². The van der Waals surface area contributed by atoms with Crippen LogP contribution in [0.3, 0.4) is 0 Å². The van der Waals surface area contributed by atoms with Crippen molar-refractivity contribution in [2.24, 2.45) is 0 Å². The van der Waals surface area contributed by atoms with Gasteiger partial charge in [0, 0.05) is 49.5 Å². The molecule has 1 saturated heterocycles. The molecule has 36 heavy (non-hydrogen) atoms. The number of rotatable bonds is 4. The third kappa shape index (κ3) is 5.31. The highest BCUT2D eigenvalue weighted by atomic mass is 19.4. The van der Waals surface area contributed by atoms with E-state index in [1.165, 1.54) is 12.1 Å². The number of H-pyrrole nitrogens is 1. The first-order valence-electron chi connectivity index (χ1n) is 11.8. The first-order valence-corrected chi connectivity index (χ1v) is 11.8. The lowest BCUT2D eigenvalue weighted by atomic mass is 9.97. The van der Waals surface area contributed by atoms with Crippen molar-refractivity contribution >= 4 is 22.9 Å². The Balaban J connectivity index is 1.78. The predicted octanol–water partition coefficient (Wildman–Crippen LogP) is 3.69. The van der Waals surface area contributed by atoms with Gasteiger partial charge in [-0.15, -0.1) is 0 Å². The number of hydrogen-bond acceptors (Lipinski definition) is 5. The Morgan fingerprint density at radius 3 is 2.44 bits per heavy atom. The summed E-state index contributed by atoms with van der Waals surface area (Å²) in [6.07, 6.45) is -1.72. The van der Waals surface area contributed by atoms with Crippen molar-refractivity contribution in [1.82, 2.24) is 15.2 Å². The van der Waals surface area contributed by atoms with Gasteiger partial charge in [-0.25, -0.2) is 4.39 Å². The zero-order valence-corrected chi connectivity index (χ0v) is 20.3. The van der Waals surface area contributed by atoms with Gasteiger partial charge in [-0.05, 0) is 51.6 Å². The van der Waals surface area contributed by atoms with Crippen molar-refractivity contribution in [2.75, 3.05) is 43.4 Å². The summed E-state index contributed by atoms with van der Waals surface area (Å²) in [5, 5.41) is 5.73. The molecule has 1 aromatic heterocycles. The number of nitrogens with one attached hydrogen (secondary N) is 3. The largest absolute Gasteiger partial charge is 0.417 e. The van der Waals surface area contributed by atoms with Crippen molar-refractivity contribution in [3.63, 3.8) is 0 Å². The van der Waals surface area contributed by atoms with E-state index < -0.39 is 34.6 Å². The van der Waals surface area contributed by atoms with E-state index in [9.17, 15) is 22.8 Å². The standard InChI is InChI=1S/C25H29F4N5O2/c1-14-12-34(13-15(2)33(14)3)22-10-20(26)17(16-4-6-30-7-5-16)8-21(22)32-24(36)18-11-31-23(35)9-19(18)25(27,28)29/h4,8-11,14-15,30H,5-7,12-13H2,1-3H3,(H,31,35)(H,32,36). The zero-order valence-electron chi connectivity index (χ0n) is 20.3. The highest BCUT2D eigenvalue weighted by Gasteiger charge is 2.36. The molecular weight excluding hydrogens is 478 g/mol. The van der Waals surface area contributed by atoms with Crippen LogP contribution < -0.4 is 21.1 Å². The number of amides is 1. The number of carbonyl (C=O) groups is 1. The topological polar surface area (TPSA) is 80.5 Å². The number of piperazine rings is 1. The van der Waals surface area contributed by atoms with Gasteiger partial charge in [0.2, 0.25) is 5.56 Å². The molecule has 2 aromatic rings. The van der Waals surface area contributed by atoms with Crippen LogP contribution in [0.25, 0.3) is 5.57 Å². The maximum absolute atomic E-state index is 15.4. The summed E-state index contributed by atoms with van der Waals surface area (Å²) in [5.41, 5.74) is -1.38. The summed E-state index contributed by atoms with van der Waals surface area (Å²) in [6, 6.07) is 3.45. The molecule has 2 unspecified atom stereocenters. The second-order valence-electron chi connectivity index (χ2n) is 9.38. The SMILES string of the molecule is CC1CN(c2cc(F)c(C3=CCNCC3)cc2NC(=O)c2c[nH]c(=O)cc2C(F)(F)F)CC(C)N1C. The molecule has 3 N–H and O–H groups in total. The van der Waals surface area contributed by atoms with Crippen LogP contribution in [0.1, 0.15) is 41.8 Å². The van der Waals surface area contributed by atoms with Gasteiger partial charge in [0.05, 0.1) is 22.5 Å². The number of halogens is 4. The molecule has 194 valence electrons. The Kier molecular flexibility index (Phi) is 7.24. The average Bonchev–Trinajstić information content (AvgIpc) is 2.83. The van der Waals surface area contributed by atoms with E-state index in [4.69, 9.17) is 0 Å². The number of likely N-dealkylation sites (N-methyl/N-ethyl adjacent to an activating group) is 1. The van der Waals surface area contributed by atoms with Crippen molar-refractivity contribution in [3.8, 4) is 0 Å². The average molecular weight is 508 g/mol. The Labute approximate surface area is 206 Å². The fourth-order valence-corrected chi connectivity index (χ4v) is 4.72. The summed E-state index contributed by atoms with van der Waals surface area (Å²) in [4.78, 5) is 30.9. The first-order chi connectivity index (χ1) is 17.0. The minimum absolute atomic E-state index is 0.128. The van der Waals surface area contributed by atoms with E-state index >= 15 is 4.39 Å². The lowest BCUT2D eigenvalue weighted by molar-refractivity contribution is -0.138. The van der Waals surface area contributed by atoms with E-state index in [0.717, 1.165) is 11.8 Å². The van der Waals surface area contributed by atoms with Crippen LogP contribution in [0.4, 0.5) is 28.9 Å². The van der Waals surface area contributed by atoms with Crippen molar-refractivity contribution < 1.29 is 22.4 Å². The van der Waals surface area contributed by atoms with E-state index in [1.54, 1.807) is 0 Å². The van der Waals surface area contributed by atoms with Gasteiger partial charge >= 0.3 is 6.18 Å². The van der Waals surface area contributed by atoms with E-state index in [-0.39, 0.29) is 17.8 Å². The highest BCUT2D eigenvalue weighted by Crippen LogP contribution is 2.36. The van der Waals surface area contributed by atoms with Gasteiger partial charge in [0.25, 0.3) is 5.91 Å². The monoisotopic (exact) mass is 507 g/mol. The molecule has 2 aliphatic rings. The van der Waals surface area contributed by atoms with Crippen LogP contribution in [-0.4, -0.2) is 61.1 Å². The molecule has 11 heteroatoms. The smallest absolute Gasteiger partial charge is 0.367 e. The molecule has 0 radical (unpaired) electrons. The fraction of sp³-hybridized carbons (Fsp3) is 0.440. The Hall–Kier alpha value is -3.18. The molecule has 1 fully saturated rings. The van der Waals surface area contributed by atoms with Crippen molar-refractivity contribution in [3.05, 3.63) is 63.3 Å². The normalized spacial score (nSPS) is 21.3. The van der Waals surface area contributed by atoms with Crippen molar-refractivity contribution in [2.45, 2.75) is 38.5 Å². The maximum atomic E-state index is 15.4. The van der Waals surface area contributed by atoms with Crippen LogP contribution in [0, 0.1) is 5.82 Å². The van der Waals surface area contributed by atoms with Crippen LogP contribution >= 0.6 is 0 Å². The molecule has 4 rings (SSSR count). The molecule has 1 aromatic carbocycles. The lowest BCUT2D eigenvalue weighted by Gasteiger charge is -2.44. The van der Waals surface area contributed by atoms with E-state index in [1.807, 2.05) is 31.9 Å². The minimum atomic E-state index is -4.90. The van der Waals surface area contributed by atoms with E-state index in [2.05, 4.69) is 20.5 Å². The minimum Gasteiger partial charge on any atom is -0.367 e. The summed E-state index contributed by atoms with van der Waals surface area (Å²) < 4.78 is 56.1. The van der Waals surface area contributed by atoms with Gasteiger partial charge in [-0.3, -0.25) is 14.5 Å². The number of nitrogens with zero attached hydrogens (tertiary/aromatic N) is 2. The molecule has 0 bridgehead atoms. The Morgan fingerprint density at radius 1 is 1.14 bits per heavy atom. The first kappa shape index (κ1) is 25.9. The third-order valence-corrected chi connectivity index (χ3v) is 6.92. The molecule has 2 atom stereocenters. The summed E-state index contributed by atoms with van der Waals surface area (Å²) in [5.74, 6) is -1.51. The predicted molar refractivity (Wildman–Crippen MR) is 131 cm³/mol. The number of hydrogen-bond donors (Lipinski definition) is 3. The van der Waals surface area contributed by atoms with Crippen LogP contribution in [-0.2, 0) is 6.18 Å². The van der Waals surface area contributed by atoms with E-state index in [0.29, 0.717) is 49.9 Å². The highest BCUT2D eigenvalue weighted by molar-refractivity contribution is 6.07. The number of anilines is 2. The van der Waals surface area contributed by atoms with Gasteiger partial charge in [0.15, 0.2) is 0 Å². The van der Waals surface area contributed by atoms with Crippen LogP contribution in [0.5, 0.6) is 0 Å². The zero-order chi connectivity index (χ0) is 26.2. The fourth-order valence-electron chi connectivity index (χ4n) is 4.72. The number of carbonyl (C=O) groups excluding carboxylic acids is 1. The molecule has 0 spiro atoms. The van der Waals surface area contributed by atoms with Gasteiger partial charge in [0.1, 0.15) is 5.82 Å². The molecule has 1 amide bonds. The molecule has 3 heterocycles. The second kappa shape index (κ2) is 10.1. The Bertz CT molecular complexity index is 1230. The van der Waals surface area contributed by atoms with Crippen LogP contribution in [0.2, 0.25) is 0 Å². The summed E-state index contributed by atoms with van der Waals surface area (Å²) in [7, 11) is 2.00. The number of aromatic amines is 1. The summed E-state index contributed by atoms with van der Waals surface area (Å²) >= 11 is 0. The molecule has 0 aliphatic carbocycles. The molecule has 2 aliphatic heterocycles. The molecule has 0 saturated carbocycles. The van der Waals surface area contributed by atoms with Gasteiger partial charge in [-0.2, -0.15) is 13.2 Å². The summed E-state index contributed by atoms with van der Waals surface area (Å²) in [6.45, 7) is 6.37. The third-order valence-electron chi connectivity index (χ3n) is 6.92. The quantitative estimate of drug-likeness (QED) is 0.551. The number of alkyl halides is 3. The number of aromatic nitrogens is 1.